The van der Waals surface area contributed by atoms with Gasteiger partial charge in [-0.3, -0.25) is 4.79 Å². The van der Waals surface area contributed by atoms with Crippen molar-refractivity contribution in [1.29, 1.82) is 0 Å². The standard InChI is InChI=1S/C13H21BrN4O/c1-2-7-18-12(19)11(14)10(8-16-18)17-13(9-15)5-3-4-6-13/h8,17H,2-7,9,15H2,1H3. The van der Waals surface area contributed by atoms with Gasteiger partial charge in [0.2, 0.25) is 0 Å². The summed E-state index contributed by atoms with van der Waals surface area (Å²) in [7, 11) is 0. The largest absolute Gasteiger partial charge is 0.376 e. The minimum Gasteiger partial charge on any atom is -0.376 e. The summed E-state index contributed by atoms with van der Waals surface area (Å²) in [6, 6.07) is 0. The Hall–Kier alpha value is -0.880. The van der Waals surface area contributed by atoms with E-state index in [4.69, 9.17) is 5.73 Å². The van der Waals surface area contributed by atoms with E-state index in [1.807, 2.05) is 6.92 Å². The zero-order chi connectivity index (χ0) is 13.9. The molecule has 1 aromatic heterocycles. The van der Waals surface area contributed by atoms with Gasteiger partial charge in [0.15, 0.2) is 0 Å². The van der Waals surface area contributed by atoms with Gasteiger partial charge < -0.3 is 11.1 Å². The van der Waals surface area contributed by atoms with E-state index in [1.165, 1.54) is 17.5 Å². The van der Waals surface area contributed by atoms with Gasteiger partial charge in [-0.25, -0.2) is 4.68 Å². The monoisotopic (exact) mass is 328 g/mol. The Bertz CT molecular complexity index is 494. The lowest BCUT2D eigenvalue weighted by Crippen LogP contribution is -2.43. The molecule has 1 aliphatic rings. The number of rotatable bonds is 5. The molecule has 0 aromatic carbocycles. The van der Waals surface area contributed by atoms with Crippen LogP contribution in [0.5, 0.6) is 0 Å². The average molecular weight is 329 g/mol. The van der Waals surface area contributed by atoms with E-state index >= 15 is 0 Å². The Morgan fingerprint density at radius 3 is 2.79 bits per heavy atom. The maximum absolute atomic E-state index is 12.1. The van der Waals surface area contributed by atoms with Gasteiger partial charge in [-0.05, 0) is 35.2 Å². The zero-order valence-corrected chi connectivity index (χ0v) is 12.9. The third kappa shape index (κ3) is 3.00. The highest BCUT2D eigenvalue weighted by atomic mass is 79.9. The van der Waals surface area contributed by atoms with Crippen molar-refractivity contribution in [2.45, 2.75) is 51.1 Å². The molecule has 1 saturated carbocycles. The molecule has 5 nitrogen and oxygen atoms in total. The van der Waals surface area contributed by atoms with Crippen LogP contribution in [0.25, 0.3) is 0 Å². The number of aromatic nitrogens is 2. The number of nitrogens with two attached hydrogens (primary N) is 1. The average Bonchev–Trinajstić information content (AvgIpc) is 2.88. The Morgan fingerprint density at radius 2 is 2.21 bits per heavy atom. The van der Waals surface area contributed by atoms with Crippen LogP contribution < -0.4 is 16.6 Å². The highest BCUT2D eigenvalue weighted by Crippen LogP contribution is 2.33. The van der Waals surface area contributed by atoms with Crippen LogP contribution in [0.4, 0.5) is 5.69 Å². The fourth-order valence-electron chi connectivity index (χ4n) is 2.64. The van der Waals surface area contributed by atoms with Crippen LogP contribution in [0.1, 0.15) is 39.0 Å². The summed E-state index contributed by atoms with van der Waals surface area (Å²) in [5.74, 6) is 0. The summed E-state index contributed by atoms with van der Waals surface area (Å²) < 4.78 is 2.04. The van der Waals surface area contributed by atoms with Gasteiger partial charge in [0.1, 0.15) is 4.47 Å². The summed E-state index contributed by atoms with van der Waals surface area (Å²) in [5.41, 5.74) is 6.49. The molecule has 19 heavy (non-hydrogen) atoms. The minimum atomic E-state index is -0.0861. The summed E-state index contributed by atoms with van der Waals surface area (Å²) in [5, 5.41) is 7.64. The van der Waals surface area contributed by atoms with Gasteiger partial charge in [0.25, 0.3) is 5.56 Å². The second kappa shape index (κ2) is 6.05. The van der Waals surface area contributed by atoms with Crippen LogP contribution in [0.15, 0.2) is 15.5 Å². The fraction of sp³-hybridized carbons (Fsp3) is 0.692. The molecule has 0 radical (unpaired) electrons. The third-order valence-electron chi connectivity index (χ3n) is 3.77. The summed E-state index contributed by atoms with van der Waals surface area (Å²) in [6.45, 7) is 3.24. The molecular weight excluding hydrogens is 308 g/mol. The molecule has 0 bridgehead atoms. The molecule has 1 aliphatic carbocycles. The lowest BCUT2D eigenvalue weighted by Gasteiger charge is -2.30. The van der Waals surface area contributed by atoms with Gasteiger partial charge >= 0.3 is 0 Å². The van der Waals surface area contributed by atoms with Crippen molar-refractivity contribution in [3.8, 4) is 0 Å². The van der Waals surface area contributed by atoms with Crippen molar-refractivity contribution < 1.29 is 0 Å². The zero-order valence-electron chi connectivity index (χ0n) is 11.3. The number of hydrogen-bond donors (Lipinski definition) is 2. The Morgan fingerprint density at radius 1 is 1.53 bits per heavy atom. The maximum atomic E-state index is 12.1. The Balaban J connectivity index is 2.26. The molecule has 1 aromatic rings. The second-order valence-electron chi connectivity index (χ2n) is 5.22. The molecule has 0 amide bonds. The summed E-state index contributed by atoms with van der Waals surface area (Å²) in [4.78, 5) is 12.1. The highest BCUT2D eigenvalue weighted by molar-refractivity contribution is 9.10. The van der Waals surface area contributed by atoms with E-state index in [9.17, 15) is 4.79 Å². The van der Waals surface area contributed by atoms with Gasteiger partial charge in [0.05, 0.1) is 11.9 Å². The number of hydrogen-bond acceptors (Lipinski definition) is 4. The summed E-state index contributed by atoms with van der Waals surface area (Å²) in [6.07, 6.45) is 7.07. The molecule has 0 saturated heterocycles. The normalized spacial score (nSPS) is 17.6. The number of halogens is 1. The van der Waals surface area contributed by atoms with Crippen molar-refractivity contribution in [3.05, 3.63) is 21.0 Å². The number of aryl methyl sites for hydroxylation is 1. The minimum absolute atomic E-state index is 0.0758. The van der Waals surface area contributed by atoms with Crippen molar-refractivity contribution >= 4 is 21.6 Å². The molecular formula is C13H21BrN4O. The van der Waals surface area contributed by atoms with E-state index in [2.05, 4.69) is 26.3 Å². The van der Waals surface area contributed by atoms with Gasteiger partial charge in [0, 0.05) is 18.6 Å². The molecule has 1 heterocycles. The first-order valence-corrected chi connectivity index (χ1v) is 7.65. The van der Waals surface area contributed by atoms with Crippen molar-refractivity contribution in [1.82, 2.24) is 9.78 Å². The second-order valence-corrected chi connectivity index (χ2v) is 6.01. The van der Waals surface area contributed by atoms with E-state index in [0.29, 0.717) is 17.6 Å². The van der Waals surface area contributed by atoms with Crippen LogP contribution >= 0.6 is 15.9 Å². The SMILES string of the molecule is CCCn1ncc(NC2(CN)CCCC2)c(Br)c1=O. The first kappa shape index (κ1) is 14.5. The van der Waals surface area contributed by atoms with Gasteiger partial charge in [-0.2, -0.15) is 5.10 Å². The van der Waals surface area contributed by atoms with E-state index in [0.717, 1.165) is 24.9 Å². The molecule has 106 valence electrons. The number of anilines is 1. The van der Waals surface area contributed by atoms with E-state index in [1.54, 1.807) is 6.20 Å². The van der Waals surface area contributed by atoms with Crippen LogP contribution in [0.3, 0.4) is 0 Å². The quantitative estimate of drug-likeness (QED) is 0.868. The van der Waals surface area contributed by atoms with E-state index < -0.39 is 0 Å². The first-order valence-electron chi connectivity index (χ1n) is 6.86. The predicted molar refractivity (Wildman–Crippen MR) is 80.4 cm³/mol. The molecule has 0 aliphatic heterocycles. The maximum Gasteiger partial charge on any atom is 0.283 e. The van der Waals surface area contributed by atoms with Crippen molar-refractivity contribution in [3.63, 3.8) is 0 Å². The highest BCUT2D eigenvalue weighted by Gasteiger charge is 2.33. The molecule has 3 N–H and O–H groups in total. The number of nitrogens with zero attached hydrogens (tertiary/aromatic N) is 2. The lowest BCUT2D eigenvalue weighted by molar-refractivity contribution is 0.490. The van der Waals surface area contributed by atoms with Crippen LogP contribution in [-0.4, -0.2) is 21.9 Å². The lowest BCUT2D eigenvalue weighted by atomic mass is 9.97. The molecule has 2 rings (SSSR count). The molecule has 0 spiro atoms. The molecule has 6 heteroatoms. The Kier molecular flexibility index (Phi) is 4.62. The summed E-state index contributed by atoms with van der Waals surface area (Å²) >= 11 is 3.39. The molecule has 1 fully saturated rings. The third-order valence-corrected chi connectivity index (χ3v) is 4.54. The van der Waals surface area contributed by atoms with Crippen LogP contribution in [-0.2, 0) is 6.54 Å². The van der Waals surface area contributed by atoms with Crippen LogP contribution in [0, 0.1) is 0 Å². The molecule has 0 unspecified atom stereocenters. The topological polar surface area (TPSA) is 72.9 Å². The van der Waals surface area contributed by atoms with Crippen molar-refractivity contribution in [2.75, 3.05) is 11.9 Å². The predicted octanol–water partition coefficient (Wildman–Crippen LogP) is 2.10. The Labute approximate surface area is 121 Å². The van der Waals surface area contributed by atoms with Crippen molar-refractivity contribution in [2.24, 2.45) is 5.73 Å². The smallest absolute Gasteiger partial charge is 0.283 e. The van der Waals surface area contributed by atoms with Crippen LogP contribution in [0.2, 0.25) is 0 Å². The van der Waals surface area contributed by atoms with Gasteiger partial charge in [-0.1, -0.05) is 19.8 Å². The fourth-order valence-corrected chi connectivity index (χ4v) is 3.05. The number of nitrogens with one attached hydrogen (secondary N) is 1. The van der Waals surface area contributed by atoms with Gasteiger partial charge in [-0.15, -0.1) is 0 Å². The van der Waals surface area contributed by atoms with E-state index in [-0.39, 0.29) is 11.1 Å². The molecule has 0 atom stereocenters. The first-order chi connectivity index (χ1) is 9.12.